The molecule has 12 heteroatoms. The summed E-state index contributed by atoms with van der Waals surface area (Å²) in [7, 11) is 0. The van der Waals surface area contributed by atoms with Gasteiger partial charge >= 0.3 is 12.1 Å². The normalized spacial score (nSPS) is 13.4. The molecule has 0 aliphatic heterocycles. The van der Waals surface area contributed by atoms with Gasteiger partial charge in [-0.3, -0.25) is 14.9 Å². The molecular formula is C34H47N7O5. The number of para-hydroxylation sites is 1. The molecule has 0 radical (unpaired) electrons. The first-order valence-corrected chi connectivity index (χ1v) is 15.5. The zero-order valence-corrected chi connectivity index (χ0v) is 27.2. The van der Waals surface area contributed by atoms with Crippen molar-refractivity contribution in [3.05, 3.63) is 72.3 Å². The van der Waals surface area contributed by atoms with Crippen molar-refractivity contribution < 1.29 is 24.3 Å². The molecular weight excluding hydrogens is 586 g/mol. The fourth-order valence-electron chi connectivity index (χ4n) is 4.73. The van der Waals surface area contributed by atoms with Crippen LogP contribution in [0, 0.1) is 5.92 Å². The van der Waals surface area contributed by atoms with Crippen LogP contribution in [0.2, 0.25) is 0 Å². The summed E-state index contributed by atoms with van der Waals surface area (Å²) in [6.07, 6.45) is -0.728. The predicted molar refractivity (Wildman–Crippen MR) is 179 cm³/mol. The largest absolute Gasteiger partial charge is 0.389 e. The number of pyridine rings is 1. The summed E-state index contributed by atoms with van der Waals surface area (Å²) in [4.78, 5) is 57.6. The van der Waals surface area contributed by atoms with Crippen molar-refractivity contribution in [2.24, 2.45) is 11.7 Å². The molecule has 0 fully saturated rings. The number of nitrogens with zero attached hydrogens (tertiary/aromatic N) is 2. The van der Waals surface area contributed by atoms with Gasteiger partial charge in [-0.25, -0.2) is 14.6 Å². The number of carbonyl (C=O) groups excluding carboxylic acids is 4. The SMILES string of the molecule is CC(C)CCN(CC(O)C(Cc1ccccc1)NC(=O)C(CC(N)=O)NC(=O)Nc1ccc2ccccc2n1)C(=O)NC(C)(C)C. The van der Waals surface area contributed by atoms with Gasteiger partial charge in [0.1, 0.15) is 11.9 Å². The average Bonchev–Trinajstić information content (AvgIpc) is 2.97. The number of aromatic nitrogens is 1. The van der Waals surface area contributed by atoms with Gasteiger partial charge in [-0.05, 0) is 63.3 Å². The Hall–Kier alpha value is -4.71. The zero-order chi connectivity index (χ0) is 33.9. The summed E-state index contributed by atoms with van der Waals surface area (Å²) >= 11 is 0. The fraction of sp³-hybridized carbons (Fsp3) is 0.441. The minimum Gasteiger partial charge on any atom is -0.389 e. The molecule has 7 N–H and O–H groups in total. The molecule has 3 atom stereocenters. The maximum Gasteiger partial charge on any atom is 0.321 e. The lowest BCUT2D eigenvalue weighted by Gasteiger charge is -2.33. The van der Waals surface area contributed by atoms with Gasteiger partial charge in [-0.1, -0.05) is 62.4 Å². The Morgan fingerprint density at radius 2 is 1.61 bits per heavy atom. The van der Waals surface area contributed by atoms with Crippen LogP contribution in [-0.2, 0) is 16.0 Å². The number of primary amides is 1. The van der Waals surface area contributed by atoms with E-state index < -0.39 is 48.0 Å². The molecule has 0 aliphatic carbocycles. The highest BCUT2D eigenvalue weighted by Gasteiger charge is 2.31. The number of hydrogen-bond donors (Lipinski definition) is 6. The number of amides is 6. The van der Waals surface area contributed by atoms with Crippen LogP contribution in [-0.4, -0.2) is 75.7 Å². The highest BCUT2D eigenvalue weighted by atomic mass is 16.3. The number of rotatable bonds is 14. The molecule has 1 aromatic heterocycles. The predicted octanol–water partition coefficient (Wildman–Crippen LogP) is 3.54. The van der Waals surface area contributed by atoms with Crippen molar-refractivity contribution >= 4 is 40.6 Å². The lowest BCUT2D eigenvalue weighted by atomic mass is 9.99. The number of hydrogen-bond acceptors (Lipinski definition) is 6. The topological polar surface area (TPSA) is 179 Å². The number of aliphatic hydroxyl groups is 1. The van der Waals surface area contributed by atoms with Crippen LogP contribution in [0.1, 0.15) is 53.0 Å². The van der Waals surface area contributed by atoms with Crippen molar-refractivity contribution in [3.63, 3.8) is 0 Å². The van der Waals surface area contributed by atoms with Crippen LogP contribution >= 0.6 is 0 Å². The Labute approximate surface area is 270 Å². The van der Waals surface area contributed by atoms with Gasteiger partial charge < -0.3 is 31.7 Å². The van der Waals surface area contributed by atoms with Crippen LogP contribution < -0.4 is 27.0 Å². The number of aliphatic hydroxyl groups excluding tert-OH is 1. The van der Waals surface area contributed by atoms with Crippen molar-refractivity contribution in [1.29, 1.82) is 0 Å². The third-order valence-electron chi connectivity index (χ3n) is 7.11. The molecule has 2 aromatic carbocycles. The Kier molecular flexibility index (Phi) is 12.9. The Balaban J connectivity index is 1.79. The summed E-state index contributed by atoms with van der Waals surface area (Å²) in [5.41, 5.74) is 6.45. The van der Waals surface area contributed by atoms with Gasteiger partial charge in [-0.15, -0.1) is 0 Å². The molecule has 0 spiro atoms. The quantitative estimate of drug-likeness (QED) is 0.158. The van der Waals surface area contributed by atoms with Gasteiger partial charge in [0, 0.05) is 17.5 Å². The maximum atomic E-state index is 13.6. The average molecular weight is 634 g/mol. The van der Waals surface area contributed by atoms with Gasteiger partial charge in [0.05, 0.1) is 30.6 Å². The van der Waals surface area contributed by atoms with Crippen molar-refractivity contribution in [1.82, 2.24) is 25.8 Å². The first kappa shape index (κ1) is 35.8. The first-order chi connectivity index (χ1) is 21.7. The van der Waals surface area contributed by atoms with Gasteiger partial charge in [0.2, 0.25) is 11.8 Å². The van der Waals surface area contributed by atoms with Crippen LogP contribution in [0.3, 0.4) is 0 Å². The molecule has 0 bridgehead atoms. The summed E-state index contributed by atoms with van der Waals surface area (Å²) in [5, 5.41) is 23.2. The smallest absolute Gasteiger partial charge is 0.321 e. The molecule has 3 aromatic rings. The molecule has 3 unspecified atom stereocenters. The number of urea groups is 2. The van der Waals surface area contributed by atoms with Crippen LogP contribution in [0.5, 0.6) is 0 Å². The number of nitrogens with one attached hydrogen (secondary N) is 4. The van der Waals surface area contributed by atoms with E-state index in [0.29, 0.717) is 24.4 Å². The Morgan fingerprint density at radius 1 is 0.935 bits per heavy atom. The Bertz CT molecular complexity index is 1480. The number of carbonyl (C=O) groups is 4. The number of fused-ring (bicyclic) bond motifs is 1. The molecule has 1 heterocycles. The van der Waals surface area contributed by atoms with E-state index in [-0.39, 0.29) is 24.8 Å². The van der Waals surface area contributed by atoms with E-state index in [1.807, 2.05) is 83.1 Å². The first-order valence-electron chi connectivity index (χ1n) is 15.5. The second kappa shape index (κ2) is 16.6. The highest BCUT2D eigenvalue weighted by molar-refractivity contribution is 5.96. The summed E-state index contributed by atoms with van der Waals surface area (Å²) in [6.45, 7) is 10.1. The van der Waals surface area contributed by atoms with E-state index in [9.17, 15) is 24.3 Å². The second-order valence-corrected chi connectivity index (χ2v) is 12.9. The number of anilines is 1. The lowest BCUT2D eigenvalue weighted by Crippen LogP contribution is -2.57. The fourth-order valence-corrected chi connectivity index (χ4v) is 4.73. The highest BCUT2D eigenvalue weighted by Crippen LogP contribution is 2.15. The molecule has 248 valence electrons. The molecule has 0 saturated carbocycles. The molecule has 0 aliphatic rings. The number of benzene rings is 2. The minimum absolute atomic E-state index is 0.0611. The summed E-state index contributed by atoms with van der Waals surface area (Å²) in [6, 6.07) is 16.8. The third-order valence-corrected chi connectivity index (χ3v) is 7.11. The second-order valence-electron chi connectivity index (χ2n) is 12.9. The number of nitrogens with two attached hydrogens (primary N) is 1. The zero-order valence-electron chi connectivity index (χ0n) is 27.2. The van der Waals surface area contributed by atoms with Crippen LogP contribution in [0.4, 0.5) is 15.4 Å². The maximum absolute atomic E-state index is 13.6. The summed E-state index contributed by atoms with van der Waals surface area (Å²) < 4.78 is 0. The van der Waals surface area contributed by atoms with Gasteiger partial charge in [0.25, 0.3) is 0 Å². The van der Waals surface area contributed by atoms with E-state index in [1.54, 1.807) is 23.1 Å². The monoisotopic (exact) mass is 633 g/mol. The van der Waals surface area contributed by atoms with Crippen molar-refractivity contribution in [3.8, 4) is 0 Å². The van der Waals surface area contributed by atoms with Crippen LogP contribution in [0.25, 0.3) is 10.9 Å². The molecule has 6 amide bonds. The molecule has 3 rings (SSSR count). The van der Waals surface area contributed by atoms with E-state index in [0.717, 1.165) is 10.9 Å². The molecule has 0 saturated heterocycles. The van der Waals surface area contributed by atoms with Crippen molar-refractivity contribution in [2.45, 2.75) is 77.6 Å². The van der Waals surface area contributed by atoms with E-state index in [4.69, 9.17) is 5.73 Å². The van der Waals surface area contributed by atoms with Gasteiger partial charge in [-0.2, -0.15) is 0 Å². The van der Waals surface area contributed by atoms with E-state index in [2.05, 4.69) is 26.3 Å². The van der Waals surface area contributed by atoms with E-state index >= 15 is 0 Å². The van der Waals surface area contributed by atoms with Gasteiger partial charge in [0.15, 0.2) is 0 Å². The standard InChI is InChI=1S/C34H47N7O5/c1-22(2)17-18-41(33(46)40-34(3,4)5)21-28(42)26(19-23-11-7-6-8-12-23)37-31(44)27(20-29(35)43)38-32(45)39-30-16-15-24-13-9-10-14-25(24)36-30/h6-16,22,26-28,42H,17-21H2,1-5H3,(H2,35,43)(H,37,44)(H,40,46)(H2,36,38,39,45). The van der Waals surface area contributed by atoms with E-state index in [1.165, 1.54) is 0 Å². The minimum atomic E-state index is -1.34. The lowest BCUT2D eigenvalue weighted by molar-refractivity contribution is -0.128. The molecule has 12 nitrogen and oxygen atoms in total. The Morgan fingerprint density at radius 3 is 2.26 bits per heavy atom. The third kappa shape index (κ3) is 12.0. The van der Waals surface area contributed by atoms with Crippen LogP contribution in [0.15, 0.2) is 66.7 Å². The van der Waals surface area contributed by atoms with Crippen molar-refractivity contribution in [2.75, 3.05) is 18.4 Å². The summed E-state index contributed by atoms with van der Waals surface area (Å²) in [5.74, 6) is -0.947. The molecule has 46 heavy (non-hydrogen) atoms.